The maximum Gasteiger partial charge on any atom is 0.200 e. The quantitative estimate of drug-likeness (QED) is 0.544. The minimum Gasteiger partial charge on any atom is -0.367 e. The molecule has 132 valence electrons. The highest BCUT2D eigenvalue weighted by molar-refractivity contribution is 7.22. The number of para-hydroxylation sites is 1. The van der Waals surface area contributed by atoms with Crippen LogP contribution in [0.4, 0.5) is 10.8 Å². The molecular formula is C18H19N7S. The van der Waals surface area contributed by atoms with Gasteiger partial charge in [-0.25, -0.2) is 4.98 Å². The molecule has 0 unspecified atom stereocenters. The van der Waals surface area contributed by atoms with Crippen LogP contribution >= 0.6 is 11.3 Å². The Bertz CT molecular complexity index is 1040. The average Bonchev–Trinajstić information content (AvgIpc) is 3.21. The largest absolute Gasteiger partial charge is 0.367 e. The van der Waals surface area contributed by atoms with Crippen molar-refractivity contribution in [3.63, 3.8) is 0 Å². The van der Waals surface area contributed by atoms with Crippen LogP contribution in [0.1, 0.15) is 12.1 Å². The van der Waals surface area contributed by atoms with E-state index in [-0.39, 0.29) is 0 Å². The zero-order chi connectivity index (χ0) is 17.5. The summed E-state index contributed by atoms with van der Waals surface area (Å²) < 4.78 is 3.01. The lowest BCUT2D eigenvalue weighted by Crippen LogP contribution is -2.31. The lowest BCUT2D eigenvalue weighted by atomic mass is 10.3. The molecule has 0 N–H and O–H groups in total. The van der Waals surface area contributed by atoms with Gasteiger partial charge in [0.15, 0.2) is 5.13 Å². The molecule has 0 aliphatic carbocycles. The number of rotatable bonds is 2. The second-order valence-corrected chi connectivity index (χ2v) is 7.57. The molecule has 26 heavy (non-hydrogen) atoms. The normalized spacial score (nSPS) is 15.7. The molecule has 1 fully saturated rings. The van der Waals surface area contributed by atoms with Crippen LogP contribution in [0.15, 0.2) is 36.7 Å². The van der Waals surface area contributed by atoms with Crippen molar-refractivity contribution in [2.75, 3.05) is 36.0 Å². The Labute approximate surface area is 154 Å². The van der Waals surface area contributed by atoms with Crippen molar-refractivity contribution in [3.8, 4) is 0 Å². The third-order valence-corrected chi connectivity index (χ3v) is 5.86. The number of aryl methyl sites for hydroxylation is 1. The molecule has 8 heteroatoms. The molecule has 7 nitrogen and oxygen atoms in total. The topological polar surface area (TPSA) is 62.5 Å². The zero-order valence-corrected chi connectivity index (χ0v) is 15.4. The van der Waals surface area contributed by atoms with E-state index in [0.717, 1.165) is 60.3 Å². The summed E-state index contributed by atoms with van der Waals surface area (Å²) in [4.78, 5) is 9.62. The van der Waals surface area contributed by atoms with Crippen LogP contribution in [0.25, 0.3) is 15.9 Å². The second-order valence-electron chi connectivity index (χ2n) is 6.56. The molecule has 3 aromatic heterocycles. The Morgan fingerprint density at radius 3 is 2.81 bits per heavy atom. The smallest absolute Gasteiger partial charge is 0.200 e. The molecule has 5 rings (SSSR count). The molecule has 1 aliphatic rings. The maximum absolute atomic E-state index is 4.82. The van der Waals surface area contributed by atoms with Crippen LogP contribution in [0.5, 0.6) is 0 Å². The second kappa shape index (κ2) is 6.21. The Morgan fingerprint density at radius 1 is 1.04 bits per heavy atom. The number of fused-ring (bicyclic) bond motifs is 2. The van der Waals surface area contributed by atoms with Crippen LogP contribution in [0.2, 0.25) is 0 Å². The standard InChI is InChI=1S/C18H19N7S/c1-13-11-15(17-21-19-12-25(17)22-13)23-7-4-8-24(10-9-23)18-20-14-5-2-3-6-16(14)26-18/h2-3,5-6,11-12H,4,7-10H2,1H3. The molecule has 4 aromatic rings. The van der Waals surface area contributed by atoms with Crippen molar-refractivity contribution in [3.05, 3.63) is 42.4 Å². The zero-order valence-electron chi connectivity index (χ0n) is 14.5. The van der Waals surface area contributed by atoms with E-state index in [1.165, 1.54) is 4.70 Å². The molecular weight excluding hydrogens is 346 g/mol. The van der Waals surface area contributed by atoms with Crippen LogP contribution < -0.4 is 9.80 Å². The minimum atomic E-state index is 0.823. The molecule has 0 spiro atoms. The van der Waals surface area contributed by atoms with Gasteiger partial charge in [0.05, 0.1) is 21.6 Å². The van der Waals surface area contributed by atoms with Crippen molar-refractivity contribution in [2.45, 2.75) is 13.3 Å². The van der Waals surface area contributed by atoms with Crippen molar-refractivity contribution in [2.24, 2.45) is 0 Å². The monoisotopic (exact) mass is 365 g/mol. The summed E-state index contributed by atoms with van der Waals surface area (Å²) in [6.45, 7) is 5.90. The van der Waals surface area contributed by atoms with Crippen LogP contribution in [-0.2, 0) is 0 Å². The lowest BCUT2D eigenvalue weighted by molar-refractivity contribution is 0.799. The van der Waals surface area contributed by atoms with Crippen LogP contribution in [0, 0.1) is 6.92 Å². The predicted molar refractivity (Wildman–Crippen MR) is 104 cm³/mol. The first kappa shape index (κ1) is 15.5. The Kier molecular flexibility index (Phi) is 3.70. The number of aromatic nitrogens is 5. The summed E-state index contributed by atoms with van der Waals surface area (Å²) in [6, 6.07) is 10.5. The van der Waals surface area contributed by atoms with E-state index in [9.17, 15) is 0 Å². The van der Waals surface area contributed by atoms with Gasteiger partial charge in [0.1, 0.15) is 6.33 Å². The average molecular weight is 365 g/mol. The highest BCUT2D eigenvalue weighted by atomic mass is 32.1. The Balaban J connectivity index is 1.42. The van der Waals surface area contributed by atoms with E-state index >= 15 is 0 Å². The lowest BCUT2D eigenvalue weighted by Gasteiger charge is -2.23. The van der Waals surface area contributed by atoms with Gasteiger partial charge >= 0.3 is 0 Å². The van der Waals surface area contributed by atoms with Gasteiger partial charge in [0.25, 0.3) is 0 Å². The van der Waals surface area contributed by atoms with Crippen molar-refractivity contribution < 1.29 is 0 Å². The summed E-state index contributed by atoms with van der Waals surface area (Å²) >= 11 is 1.78. The first-order valence-corrected chi connectivity index (χ1v) is 9.63. The molecule has 0 atom stereocenters. The fraction of sp³-hybridized carbons (Fsp3) is 0.333. The molecule has 0 saturated carbocycles. The van der Waals surface area contributed by atoms with Crippen molar-refractivity contribution in [1.82, 2.24) is 24.8 Å². The molecule has 0 radical (unpaired) electrons. The van der Waals surface area contributed by atoms with Crippen LogP contribution in [-0.4, -0.2) is 51.0 Å². The van der Waals surface area contributed by atoms with E-state index in [4.69, 9.17) is 4.98 Å². The summed E-state index contributed by atoms with van der Waals surface area (Å²) in [7, 11) is 0. The molecule has 1 saturated heterocycles. The maximum atomic E-state index is 4.82. The summed E-state index contributed by atoms with van der Waals surface area (Å²) in [5.74, 6) is 0. The number of benzene rings is 1. The highest BCUT2D eigenvalue weighted by Gasteiger charge is 2.20. The van der Waals surface area contributed by atoms with Crippen molar-refractivity contribution in [1.29, 1.82) is 0 Å². The van der Waals surface area contributed by atoms with Gasteiger partial charge in [-0.15, -0.1) is 10.2 Å². The first-order chi connectivity index (χ1) is 12.8. The fourth-order valence-electron chi connectivity index (χ4n) is 3.51. The third-order valence-electron chi connectivity index (χ3n) is 4.76. The summed E-state index contributed by atoms with van der Waals surface area (Å²) in [5, 5.41) is 13.8. The number of hydrogen-bond acceptors (Lipinski definition) is 7. The number of nitrogens with zero attached hydrogens (tertiary/aromatic N) is 7. The molecule has 0 bridgehead atoms. The predicted octanol–water partition coefficient (Wildman–Crippen LogP) is 2.76. The van der Waals surface area contributed by atoms with E-state index in [1.807, 2.05) is 13.0 Å². The number of anilines is 2. The summed E-state index contributed by atoms with van der Waals surface area (Å²) in [6.07, 6.45) is 2.74. The van der Waals surface area contributed by atoms with Gasteiger partial charge in [0.2, 0.25) is 5.65 Å². The minimum absolute atomic E-state index is 0.823. The van der Waals surface area contributed by atoms with Gasteiger partial charge in [-0.2, -0.15) is 9.61 Å². The van der Waals surface area contributed by atoms with E-state index in [1.54, 1.807) is 22.2 Å². The molecule has 0 amide bonds. The molecule has 1 aromatic carbocycles. The van der Waals surface area contributed by atoms with Gasteiger partial charge in [-0.05, 0) is 31.5 Å². The van der Waals surface area contributed by atoms with Gasteiger partial charge in [0, 0.05) is 26.2 Å². The number of thiazole rings is 1. The van der Waals surface area contributed by atoms with Gasteiger partial charge in [-0.1, -0.05) is 23.5 Å². The number of hydrogen-bond donors (Lipinski definition) is 0. The van der Waals surface area contributed by atoms with E-state index in [0.29, 0.717) is 0 Å². The fourth-order valence-corrected chi connectivity index (χ4v) is 4.53. The van der Waals surface area contributed by atoms with E-state index < -0.39 is 0 Å². The van der Waals surface area contributed by atoms with Crippen molar-refractivity contribution >= 4 is 38.0 Å². The third kappa shape index (κ3) is 2.66. The highest BCUT2D eigenvalue weighted by Crippen LogP contribution is 2.30. The SMILES string of the molecule is Cc1cc(N2CCCN(c3nc4ccccc4s3)CC2)c2nncn2n1. The molecule has 4 heterocycles. The molecule has 1 aliphatic heterocycles. The van der Waals surface area contributed by atoms with Gasteiger partial charge in [-0.3, -0.25) is 0 Å². The van der Waals surface area contributed by atoms with Crippen LogP contribution in [0.3, 0.4) is 0 Å². The Morgan fingerprint density at radius 2 is 1.88 bits per heavy atom. The van der Waals surface area contributed by atoms with E-state index in [2.05, 4.69) is 49.4 Å². The first-order valence-electron chi connectivity index (χ1n) is 8.81. The summed E-state index contributed by atoms with van der Waals surface area (Å²) in [5.41, 5.74) is 3.99. The van der Waals surface area contributed by atoms with Gasteiger partial charge < -0.3 is 9.80 Å². The Hall–Kier alpha value is -2.74.